The van der Waals surface area contributed by atoms with Crippen LogP contribution in [0.25, 0.3) is 0 Å². The zero-order chi connectivity index (χ0) is 27.8. The van der Waals surface area contributed by atoms with Crippen molar-refractivity contribution in [3.8, 4) is 6.07 Å². The molecule has 1 aromatic carbocycles. The predicted octanol–water partition coefficient (Wildman–Crippen LogP) is 5.03. The molecule has 2 heterocycles. The van der Waals surface area contributed by atoms with Crippen molar-refractivity contribution >= 4 is 23.8 Å². The number of hydrogen-bond donors (Lipinski definition) is 2. The van der Waals surface area contributed by atoms with Crippen molar-refractivity contribution in [2.24, 2.45) is 28.6 Å². The maximum atomic E-state index is 10.6. The molecule has 2 fully saturated rings. The molecule has 7 nitrogen and oxygen atoms in total. The van der Waals surface area contributed by atoms with E-state index in [0.29, 0.717) is 56.7 Å². The monoisotopic (exact) mass is 718 g/mol. The van der Waals surface area contributed by atoms with Gasteiger partial charge < -0.3 is 15.3 Å². The largest absolute Gasteiger partial charge is 1.00 e. The summed E-state index contributed by atoms with van der Waals surface area (Å²) in [5.74, 6) is 1.83. The standard InChI is InChI=1S/C13H19N3O2.C9H19N.C7H3ClN.Os/c1-9-5-16(6-10(2)12(9)8-18)13-14-3-11(7-17)4-15-13;1-8(2)6-9(3,4)7(8)10-5;8-7-4-2-1-3-6(7)5-9;/h3-4,7,9-10,12,18H,5-6,8H2,1-2H3;7,10H,6H2,1-5H3;1,3-4H;/q;;-1;+1. The second-order valence-corrected chi connectivity index (χ2v) is 11.9. The molecular formula is C29H41ClN5O2Os. The molecule has 0 bridgehead atoms. The van der Waals surface area contributed by atoms with Gasteiger partial charge in [-0.3, -0.25) is 4.79 Å². The zero-order valence-corrected chi connectivity index (χ0v) is 26.8. The molecule has 1 radical (unpaired) electrons. The SMILES string of the molecule is CC1CN(c2ncc(C=O)cn2)CC(C)C1CO.CNC1C(C)(C)CC1(C)C.N#Cc1cc[c-]cc1Cl.[Os+]. The first-order valence-electron chi connectivity index (χ1n) is 12.8. The summed E-state index contributed by atoms with van der Waals surface area (Å²) in [7, 11) is 2.06. The number of aromatic nitrogens is 2. The first-order valence-corrected chi connectivity index (χ1v) is 13.1. The molecule has 209 valence electrons. The van der Waals surface area contributed by atoms with Gasteiger partial charge in [0, 0.05) is 38.1 Å². The van der Waals surface area contributed by atoms with E-state index in [1.54, 1.807) is 30.6 Å². The minimum absolute atomic E-state index is 0. The number of hydrogen-bond acceptors (Lipinski definition) is 7. The number of rotatable bonds is 4. The molecule has 1 saturated carbocycles. The van der Waals surface area contributed by atoms with Gasteiger partial charge in [0.1, 0.15) is 0 Å². The number of nitrogens with one attached hydrogen (secondary N) is 1. The number of aliphatic hydroxyl groups excluding tert-OH is 1. The molecule has 2 aliphatic rings. The molecule has 2 aromatic rings. The fourth-order valence-corrected chi connectivity index (χ4v) is 6.44. The number of piperidine rings is 1. The van der Waals surface area contributed by atoms with Crippen LogP contribution >= 0.6 is 11.6 Å². The summed E-state index contributed by atoms with van der Waals surface area (Å²) in [6.45, 7) is 15.5. The van der Waals surface area contributed by atoms with E-state index < -0.39 is 0 Å². The van der Waals surface area contributed by atoms with Gasteiger partial charge in [0.15, 0.2) is 6.29 Å². The number of benzene rings is 1. The Morgan fingerprint density at radius 1 is 1.21 bits per heavy atom. The Bertz CT molecular complexity index is 1030. The van der Waals surface area contributed by atoms with Crippen LogP contribution in [0.4, 0.5) is 5.95 Å². The summed E-state index contributed by atoms with van der Waals surface area (Å²) in [4.78, 5) is 21.1. The molecule has 4 rings (SSSR count). The van der Waals surface area contributed by atoms with Gasteiger partial charge in [0.2, 0.25) is 5.95 Å². The minimum atomic E-state index is 0. The number of nitriles is 1. The van der Waals surface area contributed by atoms with Gasteiger partial charge in [-0.25, -0.2) is 9.97 Å². The van der Waals surface area contributed by atoms with E-state index in [1.807, 2.05) is 6.07 Å². The summed E-state index contributed by atoms with van der Waals surface area (Å²) >= 11 is 5.57. The van der Waals surface area contributed by atoms with Gasteiger partial charge >= 0.3 is 19.8 Å². The number of aliphatic hydroxyl groups is 1. The number of carbonyl (C=O) groups excluding carboxylic acids is 1. The molecule has 0 spiro atoms. The molecular weight excluding hydrogens is 676 g/mol. The molecule has 9 heteroatoms. The van der Waals surface area contributed by atoms with Crippen LogP contribution in [0, 0.1) is 46.0 Å². The van der Waals surface area contributed by atoms with Gasteiger partial charge in [-0.15, -0.1) is 0 Å². The normalized spacial score (nSPS) is 23.2. The molecule has 2 N–H and O–H groups in total. The fourth-order valence-electron chi connectivity index (χ4n) is 6.27. The third-order valence-electron chi connectivity index (χ3n) is 7.46. The minimum Gasteiger partial charge on any atom is -0.396 e. The molecule has 2 unspecified atom stereocenters. The van der Waals surface area contributed by atoms with Gasteiger partial charge in [0.05, 0.1) is 11.6 Å². The molecule has 1 aliphatic carbocycles. The first-order chi connectivity index (χ1) is 17.4. The van der Waals surface area contributed by atoms with Crippen molar-refractivity contribution in [3.63, 3.8) is 0 Å². The van der Waals surface area contributed by atoms with Gasteiger partial charge in [-0.1, -0.05) is 46.6 Å². The molecule has 2 atom stereocenters. The Labute approximate surface area is 246 Å². The predicted molar refractivity (Wildman–Crippen MR) is 149 cm³/mol. The number of nitrogens with zero attached hydrogens (tertiary/aromatic N) is 4. The Morgan fingerprint density at radius 2 is 1.76 bits per heavy atom. The van der Waals surface area contributed by atoms with Crippen molar-refractivity contribution in [1.82, 2.24) is 15.3 Å². The fraction of sp³-hybridized carbons (Fsp3) is 0.586. The Balaban J connectivity index is 0.000000307. The van der Waals surface area contributed by atoms with E-state index in [9.17, 15) is 9.90 Å². The van der Waals surface area contributed by atoms with E-state index in [2.05, 4.69) is 74.8 Å². The molecule has 1 aromatic heterocycles. The summed E-state index contributed by atoms with van der Waals surface area (Å²) in [6, 6.07) is 10.2. The second-order valence-electron chi connectivity index (χ2n) is 11.5. The average molecular weight is 717 g/mol. The van der Waals surface area contributed by atoms with Crippen molar-refractivity contribution in [2.75, 3.05) is 31.6 Å². The van der Waals surface area contributed by atoms with Crippen molar-refractivity contribution in [3.05, 3.63) is 52.8 Å². The number of carbonyl (C=O) groups is 1. The van der Waals surface area contributed by atoms with Crippen LogP contribution in [0.3, 0.4) is 0 Å². The van der Waals surface area contributed by atoms with Crippen LogP contribution in [0.2, 0.25) is 5.02 Å². The van der Waals surface area contributed by atoms with E-state index in [1.165, 1.54) is 6.42 Å². The van der Waals surface area contributed by atoms with Crippen LogP contribution in [-0.2, 0) is 19.8 Å². The third-order valence-corrected chi connectivity index (χ3v) is 7.78. The van der Waals surface area contributed by atoms with Crippen LogP contribution in [0.5, 0.6) is 0 Å². The van der Waals surface area contributed by atoms with Crippen LogP contribution in [-0.4, -0.2) is 54.1 Å². The summed E-state index contributed by atoms with van der Waals surface area (Å²) in [5.41, 5.74) is 2.01. The summed E-state index contributed by atoms with van der Waals surface area (Å²) in [5, 5.41) is 21.6. The van der Waals surface area contributed by atoms with Crippen molar-refractivity contribution < 1.29 is 29.7 Å². The zero-order valence-electron chi connectivity index (χ0n) is 23.5. The topological polar surface area (TPSA) is 102 Å². The molecule has 0 amide bonds. The van der Waals surface area contributed by atoms with Gasteiger partial charge in [-0.05, 0) is 47.6 Å². The number of halogens is 1. The van der Waals surface area contributed by atoms with Crippen LogP contribution in [0.15, 0.2) is 30.6 Å². The van der Waals surface area contributed by atoms with Crippen LogP contribution < -0.4 is 10.2 Å². The van der Waals surface area contributed by atoms with Crippen molar-refractivity contribution in [1.29, 1.82) is 5.26 Å². The Kier molecular flexibility index (Phi) is 13.5. The number of anilines is 1. The molecule has 1 saturated heterocycles. The average Bonchev–Trinajstić information content (AvgIpc) is 2.84. The third kappa shape index (κ3) is 8.82. The maximum Gasteiger partial charge on any atom is 1.00 e. The Hall–Kier alpha value is -1.89. The van der Waals surface area contributed by atoms with Gasteiger partial charge in [-0.2, -0.15) is 41.1 Å². The van der Waals surface area contributed by atoms with Gasteiger partial charge in [0.25, 0.3) is 0 Å². The summed E-state index contributed by atoms with van der Waals surface area (Å²) < 4.78 is 0. The van der Waals surface area contributed by atoms with Crippen molar-refractivity contribution in [2.45, 2.75) is 54.0 Å². The maximum absolute atomic E-state index is 10.6. The van der Waals surface area contributed by atoms with E-state index in [-0.39, 0.29) is 26.4 Å². The number of aldehydes is 1. The van der Waals surface area contributed by atoms with E-state index in [0.717, 1.165) is 19.4 Å². The molecule has 1 aliphatic heterocycles. The smallest absolute Gasteiger partial charge is 0.396 e. The second kappa shape index (κ2) is 15.0. The first kappa shape index (κ1) is 34.1. The summed E-state index contributed by atoms with van der Waals surface area (Å²) in [6.07, 6.45) is 5.17. The Morgan fingerprint density at radius 3 is 2.11 bits per heavy atom. The molecule has 38 heavy (non-hydrogen) atoms. The van der Waals surface area contributed by atoms with Crippen LogP contribution in [0.1, 0.15) is 63.9 Å². The van der Waals surface area contributed by atoms with E-state index >= 15 is 0 Å². The van der Waals surface area contributed by atoms with E-state index in [4.69, 9.17) is 16.9 Å². The quantitative estimate of drug-likeness (QED) is 0.338.